The molecule has 1 aromatic carbocycles. The molecule has 0 atom stereocenters. The van der Waals surface area contributed by atoms with Gasteiger partial charge in [-0.05, 0) is 38.1 Å². The minimum absolute atomic E-state index is 0.177. The Balaban J connectivity index is 1.58. The quantitative estimate of drug-likeness (QED) is 0.879. The van der Waals surface area contributed by atoms with Crippen LogP contribution < -0.4 is 15.5 Å². The number of nitrogens with one attached hydrogen (secondary N) is 2. The molecule has 1 aliphatic rings. The number of aryl methyl sites for hydroxylation is 1. The molecule has 2 amide bonds. The highest BCUT2D eigenvalue weighted by atomic mass is 19.1. The number of carbonyl (C=O) groups excluding carboxylic acids is 1. The second-order valence-electron chi connectivity index (χ2n) is 6.13. The van der Waals surface area contributed by atoms with Gasteiger partial charge in [0, 0.05) is 50.2 Å². The smallest absolute Gasteiger partial charge is 0.321 e. The van der Waals surface area contributed by atoms with Crippen LogP contribution in [-0.2, 0) is 0 Å². The van der Waals surface area contributed by atoms with E-state index in [1.807, 2.05) is 19.9 Å². The summed E-state index contributed by atoms with van der Waals surface area (Å²) in [5.41, 5.74) is 1.49. The first-order valence-electron chi connectivity index (χ1n) is 8.71. The lowest BCUT2D eigenvalue weighted by atomic mass is 10.3. The van der Waals surface area contributed by atoms with Crippen LogP contribution in [0.2, 0.25) is 0 Å². The molecule has 0 radical (unpaired) electrons. The third kappa shape index (κ3) is 4.38. The molecule has 7 nitrogen and oxygen atoms in total. The van der Waals surface area contributed by atoms with Crippen molar-refractivity contribution < 1.29 is 9.18 Å². The van der Waals surface area contributed by atoms with Crippen molar-refractivity contribution in [3.63, 3.8) is 0 Å². The molecule has 0 bridgehead atoms. The fourth-order valence-corrected chi connectivity index (χ4v) is 2.83. The second kappa shape index (κ2) is 7.99. The largest absolute Gasteiger partial charge is 0.354 e. The minimum atomic E-state index is -0.325. The van der Waals surface area contributed by atoms with E-state index in [0.717, 1.165) is 18.1 Å². The Morgan fingerprint density at radius 2 is 1.85 bits per heavy atom. The molecule has 2 N–H and O–H groups in total. The Kier molecular flexibility index (Phi) is 5.50. The number of amides is 2. The zero-order chi connectivity index (χ0) is 18.5. The number of nitrogens with zero attached hydrogens (tertiary/aromatic N) is 4. The third-order valence-electron chi connectivity index (χ3n) is 4.16. The molecule has 2 aromatic rings. The number of benzene rings is 1. The second-order valence-corrected chi connectivity index (χ2v) is 6.13. The topological polar surface area (TPSA) is 73.4 Å². The molecule has 0 unspecified atom stereocenters. The van der Waals surface area contributed by atoms with Crippen molar-refractivity contribution in [1.82, 2.24) is 14.9 Å². The van der Waals surface area contributed by atoms with Gasteiger partial charge in [-0.2, -0.15) is 4.98 Å². The summed E-state index contributed by atoms with van der Waals surface area (Å²) in [7, 11) is 0. The molecule has 1 fully saturated rings. The summed E-state index contributed by atoms with van der Waals surface area (Å²) in [6, 6.07) is 7.53. The van der Waals surface area contributed by atoms with E-state index in [2.05, 4.69) is 25.5 Å². The summed E-state index contributed by atoms with van der Waals surface area (Å²) in [6.07, 6.45) is 0. The van der Waals surface area contributed by atoms with Crippen LogP contribution in [0.4, 0.5) is 26.6 Å². The molecule has 1 aromatic heterocycles. The summed E-state index contributed by atoms with van der Waals surface area (Å²) in [4.78, 5) is 25.2. The van der Waals surface area contributed by atoms with Crippen LogP contribution in [0.25, 0.3) is 0 Å². The number of rotatable bonds is 4. The monoisotopic (exact) mass is 358 g/mol. The van der Waals surface area contributed by atoms with Crippen molar-refractivity contribution in [1.29, 1.82) is 0 Å². The molecule has 138 valence electrons. The van der Waals surface area contributed by atoms with Crippen molar-refractivity contribution in [2.45, 2.75) is 13.8 Å². The van der Waals surface area contributed by atoms with Crippen LogP contribution >= 0.6 is 0 Å². The van der Waals surface area contributed by atoms with E-state index in [1.54, 1.807) is 17.0 Å². The molecule has 2 heterocycles. The molecular formula is C18H23FN6O. The van der Waals surface area contributed by atoms with Crippen LogP contribution in [0.1, 0.15) is 12.6 Å². The lowest BCUT2D eigenvalue weighted by Crippen LogP contribution is -2.50. The summed E-state index contributed by atoms with van der Waals surface area (Å²) < 4.78 is 12.9. The van der Waals surface area contributed by atoms with Gasteiger partial charge in [0.1, 0.15) is 11.6 Å². The average molecular weight is 358 g/mol. The number of piperazine rings is 1. The predicted molar refractivity (Wildman–Crippen MR) is 100 cm³/mol. The highest BCUT2D eigenvalue weighted by molar-refractivity contribution is 5.89. The number of aromatic nitrogens is 2. The maximum Gasteiger partial charge on any atom is 0.321 e. The number of hydrogen-bond acceptors (Lipinski definition) is 5. The van der Waals surface area contributed by atoms with Crippen molar-refractivity contribution in [3.8, 4) is 0 Å². The molecule has 3 rings (SSSR count). The number of anilines is 3. The van der Waals surface area contributed by atoms with Gasteiger partial charge in [0.25, 0.3) is 0 Å². The summed E-state index contributed by atoms with van der Waals surface area (Å²) in [5.74, 6) is 1.17. The van der Waals surface area contributed by atoms with E-state index in [-0.39, 0.29) is 11.8 Å². The standard InChI is InChI=1S/C18H23FN6O/c1-3-20-17-21-13(2)12-16(23-17)24-8-10-25(11-9-24)18(26)22-15-6-4-14(19)5-7-15/h4-7,12H,3,8-11H2,1-2H3,(H,22,26)(H,20,21,23). The van der Waals surface area contributed by atoms with Gasteiger partial charge in [-0.15, -0.1) is 0 Å². The number of hydrogen-bond donors (Lipinski definition) is 2. The lowest BCUT2D eigenvalue weighted by Gasteiger charge is -2.35. The van der Waals surface area contributed by atoms with E-state index in [4.69, 9.17) is 0 Å². The molecular weight excluding hydrogens is 335 g/mol. The Hall–Kier alpha value is -2.90. The zero-order valence-electron chi connectivity index (χ0n) is 15.0. The minimum Gasteiger partial charge on any atom is -0.354 e. The first-order chi connectivity index (χ1) is 12.5. The zero-order valence-corrected chi connectivity index (χ0v) is 15.0. The van der Waals surface area contributed by atoms with Crippen molar-refractivity contribution in [3.05, 3.63) is 41.8 Å². The normalized spacial score (nSPS) is 14.3. The van der Waals surface area contributed by atoms with Gasteiger partial charge < -0.3 is 20.4 Å². The van der Waals surface area contributed by atoms with Gasteiger partial charge in [-0.25, -0.2) is 14.2 Å². The van der Waals surface area contributed by atoms with Crippen LogP contribution in [0.5, 0.6) is 0 Å². The summed E-state index contributed by atoms with van der Waals surface area (Å²) >= 11 is 0. The number of halogens is 1. The van der Waals surface area contributed by atoms with Crippen LogP contribution in [0, 0.1) is 12.7 Å². The molecule has 0 spiro atoms. The average Bonchev–Trinajstić information content (AvgIpc) is 2.63. The molecule has 8 heteroatoms. The first-order valence-corrected chi connectivity index (χ1v) is 8.71. The molecule has 0 saturated carbocycles. The Bertz CT molecular complexity index is 759. The lowest BCUT2D eigenvalue weighted by molar-refractivity contribution is 0.208. The van der Waals surface area contributed by atoms with Gasteiger partial charge in [0.2, 0.25) is 5.95 Å². The molecule has 1 aliphatic heterocycles. The summed E-state index contributed by atoms with van der Waals surface area (Å²) in [6.45, 7) is 7.28. The SMILES string of the molecule is CCNc1nc(C)cc(N2CCN(C(=O)Nc3ccc(F)cc3)CC2)n1. The highest BCUT2D eigenvalue weighted by Crippen LogP contribution is 2.17. The van der Waals surface area contributed by atoms with E-state index in [1.165, 1.54) is 12.1 Å². The Morgan fingerprint density at radius 3 is 2.50 bits per heavy atom. The van der Waals surface area contributed by atoms with Gasteiger partial charge in [-0.3, -0.25) is 0 Å². The Morgan fingerprint density at radius 1 is 1.15 bits per heavy atom. The highest BCUT2D eigenvalue weighted by Gasteiger charge is 2.22. The van der Waals surface area contributed by atoms with Crippen molar-refractivity contribution in [2.24, 2.45) is 0 Å². The molecule has 26 heavy (non-hydrogen) atoms. The maximum absolute atomic E-state index is 12.9. The fourth-order valence-electron chi connectivity index (χ4n) is 2.83. The Labute approximate surface area is 152 Å². The van der Waals surface area contributed by atoms with E-state index < -0.39 is 0 Å². The van der Waals surface area contributed by atoms with Gasteiger partial charge in [0.15, 0.2) is 0 Å². The van der Waals surface area contributed by atoms with Gasteiger partial charge in [-0.1, -0.05) is 0 Å². The van der Waals surface area contributed by atoms with E-state index >= 15 is 0 Å². The van der Waals surface area contributed by atoms with Crippen molar-refractivity contribution >= 4 is 23.5 Å². The van der Waals surface area contributed by atoms with E-state index in [0.29, 0.717) is 37.8 Å². The van der Waals surface area contributed by atoms with Gasteiger partial charge >= 0.3 is 6.03 Å². The van der Waals surface area contributed by atoms with Crippen molar-refractivity contribution in [2.75, 3.05) is 48.3 Å². The van der Waals surface area contributed by atoms with Crippen LogP contribution in [0.3, 0.4) is 0 Å². The van der Waals surface area contributed by atoms with Gasteiger partial charge in [0.05, 0.1) is 0 Å². The fraction of sp³-hybridized carbons (Fsp3) is 0.389. The maximum atomic E-state index is 12.9. The van der Waals surface area contributed by atoms with Crippen LogP contribution in [-0.4, -0.2) is 53.6 Å². The molecule has 1 saturated heterocycles. The third-order valence-corrected chi connectivity index (χ3v) is 4.16. The first kappa shape index (κ1) is 17.9. The number of carbonyl (C=O) groups is 1. The van der Waals surface area contributed by atoms with E-state index in [9.17, 15) is 9.18 Å². The predicted octanol–water partition coefficient (Wildman–Crippen LogP) is 2.71. The number of urea groups is 1. The summed E-state index contributed by atoms with van der Waals surface area (Å²) in [5, 5.41) is 5.93. The van der Waals surface area contributed by atoms with Crippen LogP contribution in [0.15, 0.2) is 30.3 Å². The molecule has 0 aliphatic carbocycles.